The molecule has 0 heterocycles. The lowest BCUT2D eigenvalue weighted by molar-refractivity contribution is -0.142. The monoisotopic (exact) mass is 252 g/mol. The summed E-state index contributed by atoms with van der Waals surface area (Å²) in [5.74, 6) is -0.115. The topological polar surface area (TPSA) is 26.3 Å². The first kappa shape index (κ1) is 14.1. The van der Waals surface area contributed by atoms with Crippen molar-refractivity contribution in [2.45, 2.75) is 44.3 Å². The summed E-state index contributed by atoms with van der Waals surface area (Å²) in [6.45, 7) is 8.55. The lowest BCUT2D eigenvalue weighted by atomic mass is 10.1. The Hall–Kier alpha value is -0.960. The van der Waals surface area contributed by atoms with Gasteiger partial charge in [0, 0.05) is 10.1 Å². The SMILES string of the molecule is CCOC(=O)CC(C)Sc1ccc(C)c(C)c1. The fraction of sp³-hybridized carbons (Fsp3) is 0.500. The second kappa shape index (κ2) is 6.70. The average Bonchev–Trinajstić information content (AvgIpc) is 2.23. The van der Waals surface area contributed by atoms with Crippen LogP contribution in [-0.4, -0.2) is 17.8 Å². The minimum Gasteiger partial charge on any atom is -0.466 e. The molecular weight excluding hydrogens is 232 g/mol. The van der Waals surface area contributed by atoms with E-state index in [1.54, 1.807) is 11.8 Å². The summed E-state index contributed by atoms with van der Waals surface area (Å²) < 4.78 is 4.94. The van der Waals surface area contributed by atoms with Crippen LogP contribution in [0.2, 0.25) is 0 Å². The van der Waals surface area contributed by atoms with E-state index < -0.39 is 0 Å². The summed E-state index contributed by atoms with van der Waals surface area (Å²) in [4.78, 5) is 12.5. The van der Waals surface area contributed by atoms with Crippen molar-refractivity contribution < 1.29 is 9.53 Å². The number of thioether (sulfide) groups is 1. The van der Waals surface area contributed by atoms with Gasteiger partial charge in [0.15, 0.2) is 0 Å². The Labute approximate surface area is 108 Å². The van der Waals surface area contributed by atoms with E-state index in [1.807, 2.05) is 6.92 Å². The third-order valence-corrected chi connectivity index (χ3v) is 3.67. The molecule has 0 fully saturated rings. The number of carbonyl (C=O) groups excluding carboxylic acids is 1. The Morgan fingerprint density at radius 2 is 2.06 bits per heavy atom. The molecule has 17 heavy (non-hydrogen) atoms. The molecule has 94 valence electrons. The minimum absolute atomic E-state index is 0.115. The molecule has 3 heteroatoms. The van der Waals surface area contributed by atoms with Crippen LogP contribution in [0.25, 0.3) is 0 Å². The normalized spacial score (nSPS) is 12.2. The van der Waals surface area contributed by atoms with Crippen molar-refractivity contribution in [1.29, 1.82) is 0 Å². The smallest absolute Gasteiger partial charge is 0.306 e. The van der Waals surface area contributed by atoms with Crippen molar-refractivity contribution in [3.63, 3.8) is 0 Å². The summed E-state index contributed by atoms with van der Waals surface area (Å²) in [5, 5.41) is 0.246. The highest BCUT2D eigenvalue weighted by Gasteiger charge is 2.11. The number of ether oxygens (including phenoxy) is 1. The van der Waals surface area contributed by atoms with Crippen molar-refractivity contribution in [1.82, 2.24) is 0 Å². The fourth-order valence-corrected chi connectivity index (χ4v) is 2.59. The van der Waals surface area contributed by atoms with Crippen LogP contribution in [0.4, 0.5) is 0 Å². The average molecular weight is 252 g/mol. The van der Waals surface area contributed by atoms with E-state index in [0.717, 1.165) is 0 Å². The molecule has 0 aliphatic heterocycles. The van der Waals surface area contributed by atoms with Crippen LogP contribution in [0.3, 0.4) is 0 Å². The first-order chi connectivity index (χ1) is 8.02. The van der Waals surface area contributed by atoms with E-state index in [1.165, 1.54) is 16.0 Å². The Morgan fingerprint density at radius 3 is 2.65 bits per heavy atom. The molecule has 2 nitrogen and oxygen atoms in total. The summed E-state index contributed by atoms with van der Waals surface area (Å²) in [5.41, 5.74) is 2.59. The Kier molecular flexibility index (Phi) is 5.56. The zero-order chi connectivity index (χ0) is 12.8. The predicted molar refractivity (Wildman–Crippen MR) is 72.5 cm³/mol. The first-order valence-electron chi connectivity index (χ1n) is 5.92. The van der Waals surface area contributed by atoms with Crippen molar-refractivity contribution in [2.24, 2.45) is 0 Å². The third-order valence-electron chi connectivity index (χ3n) is 2.58. The maximum absolute atomic E-state index is 11.3. The van der Waals surface area contributed by atoms with Gasteiger partial charge in [0.2, 0.25) is 0 Å². The van der Waals surface area contributed by atoms with E-state index in [9.17, 15) is 4.79 Å². The summed E-state index contributed by atoms with van der Waals surface area (Å²) in [6.07, 6.45) is 0.464. The Morgan fingerprint density at radius 1 is 1.35 bits per heavy atom. The molecule has 0 N–H and O–H groups in total. The standard InChI is InChI=1S/C14H20O2S/c1-5-16-14(15)9-12(4)17-13-7-6-10(2)11(3)8-13/h6-8,12H,5,9H2,1-4H3. The van der Waals surface area contributed by atoms with Crippen molar-refractivity contribution in [2.75, 3.05) is 6.61 Å². The molecule has 1 rings (SSSR count). The number of benzene rings is 1. The molecule has 0 aromatic heterocycles. The van der Waals surface area contributed by atoms with E-state index in [2.05, 4.69) is 39.0 Å². The van der Waals surface area contributed by atoms with Gasteiger partial charge in [-0.1, -0.05) is 13.0 Å². The fourth-order valence-electron chi connectivity index (χ4n) is 1.52. The molecule has 0 radical (unpaired) electrons. The highest BCUT2D eigenvalue weighted by molar-refractivity contribution is 8.00. The minimum atomic E-state index is -0.115. The predicted octanol–water partition coefficient (Wildman–Crippen LogP) is 3.74. The van der Waals surface area contributed by atoms with E-state index >= 15 is 0 Å². The van der Waals surface area contributed by atoms with Crippen LogP contribution in [0, 0.1) is 13.8 Å². The van der Waals surface area contributed by atoms with Crippen molar-refractivity contribution in [3.8, 4) is 0 Å². The van der Waals surface area contributed by atoms with Gasteiger partial charge in [-0.25, -0.2) is 0 Å². The quantitative estimate of drug-likeness (QED) is 0.590. The molecule has 0 saturated carbocycles. The van der Waals surface area contributed by atoms with E-state index in [4.69, 9.17) is 4.74 Å². The van der Waals surface area contributed by atoms with Gasteiger partial charge in [-0.15, -0.1) is 11.8 Å². The largest absolute Gasteiger partial charge is 0.466 e. The third kappa shape index (κ3) is 4.82. The first-order valence-corrected chi connectivity index (χ1v) is 6.80. The number of carbonyl (C=O) groups is 1. The molecule has 0 spiro atoms. The Bertz CT molecular complexity index is 388. The molecule has 0 aliphatic rings. The molecule has 0 aliphatic carbocycles. The maximum atomic E-state index is 11.3. The molecule has 1 atom stereocenters. The molecule has 1 aromatic rings. The van der Waals surface area contributed by atoms with Crippen molar-refractivity contribution in [3.05, 3.63) is 29.3 Å². The number of aryl methyl sites for hydroxylation is 2. The van der Waals surface area contributed by atoms with E-state index in [-0.39, 0.29) is 11.2 Å². The van der Waals surface area contributed by atoms with Gasteiger partial charge in [-0.3, -0.25) is 4.79 Å². The van der Waals surface area contributed by atoms with Crippen LogP contribution in [-0.2, 0) is 9.53 Å². The molecule has 1 aromatic carbocycles. The van der Waals surface area contributed by atoms with Crippen LogP contribution in [0.15, 0.2) is 23.1 Å². The Balaban J connectivity index is 2.53. The van der Waals surface area contributed by atoms with Crippen LogP contribution >= 0.6 is 11.8 Å². The van der Waals surface area contributed by atoms with Crippen molar-refractivity contribution >= 4 is 17.7 Å². The number of hydrogen-bond acceptors (Lipinski definition) is 3. The zero-order valence-electron chi connectivity index (χ0n) is 10.9. The van der Waals surface area contributed by atoms with Gasteiger partial charge in [-0.05, 0) is 44.0 Å². The lowest BCUT2D eigenvalue weighted by Gasteiger charge is -2.11. The zero-order valence-corrected chi connectivity index (χ0v) is 11.8. The van der Waals surface area contributed by atoms with Gasteiger partial charge < -0.3 is 4.74 Å². The number of rotatable bonds is 5. The van der Waals surface area contributed by atoms with Crippen LogP contribution < -0.4 is 0 Å². The van der Waals surface area contributed by atoms with Crippen LogP contribution in [0.1, 0.15) is 31.4 Å². The molecule has 1 unspecified atom stereocenters. The van der Waals surface area contributed by atoms with E-state index in [0.29, 0.717) is 13.0 Å². The molecule has 0 amide bonds. The molecule has 0 saturated heterocycles. The maximum Gasteiger partial charge on any atom is 0.306 e. The summed E-state index contributed by atoms with van der Waals surface area (Å²) in [6, 6.07) is 6.39. The highest BCUT2D eigenvalue weighted by atomic mass is 32.2. The second-order valence-corrected chi connectivity index (χ2v) is 5.70. The summed E-state index contributed by atoms with van der Waals surface area (Å²) >= 11 is 1.72. The molecule has 0 bridgehead atoms. The molecular formula is C14H20O2S. The highest BCUT2D eigenvalue weighted by Crippen LogP contribution is 2.27. The van der Waals surface area contributed by atoms with Gasteiger partial charge >= 0.3 is 5.97 Å². The lowest BCUT2D eigenvalue weighted by Crippen LogP contribution is -2.10. The van der Waals surface area contributed by atoms with Gasteiger partial charge in [-0.2, -0.15) is 0 Å². The van der Waals surface area contributed by atoms with Gasteiger partial charge in [0.1, 0.15) is 0 Å². The summed E-state index contributed by atoms with van der Waals surface area (Å²) in [7, 11) is 0. The van der Waals surface area contributed by atoms with Crippen LogP contribution in [0.5, 0.6) is 0 Å². The number of hydrogen-bond donors (Lipinski definition) is 0. The number of esters is 1. The van der Waals surface area contributed by atoms with Gasteiger partial charge in [0.05, 0.1) is 13.0 Å². The second-order valence-electron chi connectivity index (χ2n) is 4.18. The van der Waals surface area contributed by atoms with Gasteiger partial charge in [0.25, 0.3) is 0 Å².